The van der Waals surface area contributed by atoms with E-state index in [-0.39, 0.29) is 0 Å². The highest BCUT2D eigenvalue weighted by molar-refractivity contribution is 7.85. The van der Waals surface area contributed by atoms with E-state index in [0.717, 1.165) is 36.7 Å². The summed E-state index contributed by atoms with van der Waals surface area (Å²) in [6.07, 6.45) is 0. The summed E-state index contributed by atoms with van der Waals surface area (Å²) in [4.78, 5) is 1.70. The molecule has 0 bridgehead atoms. The van der Waals surface area contributed by atoms with Gasteiger partial charge in [0.15, 0.2) is 0 Å². The fourth-order valence-electron chi connectivity index (χ4n) is 4.60. The minimum absolute atomic E-state index is 0.819. The minimum atomic E-state index is -1.30. The fourth-order valence-corrected chi connectivity index (χ4v) is 5.99. The molecule has 0 aliphatic heterocycles. The summed E-state index contributed by atoms with van der Waals surface area (Å²) in [6.45, 7) is 0. The van der Waals surface area contributed by atoms with Gasteiger partial charge in [-0.05, 0) is 62.3 Å². The molecule has 152 valence electrons. The van der Waals surface area contributed by atoms with Crippen molar-refractivity contribution in [2.75, 3.05) is 0 Å². The van der Waals surface area contributed by atoms with Gasteiger partial charge in [-0.2, -0.15) is 0 Å². The SMILES string of the molecule is O=S(c1ccccc1)c1c2ccccc2c(-c2ccccc2)c2cc3ccccc3cc12. The molecule has 0 saturated heterocycles. The topological polar surface area (TPSA) is 17.1 Å². The summed E-state index contributed by atoms with van der Waals surface area (Å²) in [6, 6.07) is 41.5. The Hall–Kier alpha value is -3.75. The van der Waals surface area contributed by atoms with Crippen LogP contribution in [0.15, 0.2) is 131 Å². The highest BCUT2D eigenvalue weighted by Gasteiger charge is 2.20. The van der Waals surface area contributed by atoms with E-state index in [9.17, 15) is 4.21 Å². The maximum Gasteiger partial charge on any atom is 0.0862 e. The monoisotopic (exact) mass is 428 g/mol. The van der Waals surface area contributed by atoms with Gasteiger partial charge in [0.1, 0.15) is 0 Å². The van der Waals surface area contributed by atoms with E-state index < -0.39 is 10.8 Å². The Labute approximate surface area is 189 Å². The number of rotatable bonds is 3. The van der Waals surface area contributed by atoms with Gasteiger partial charge in [0.25, 0.3) is 0 Å². The molecule has 2 heteroatoms. The molecule has 1 nitrogen and oxygen atoms in total. The van der Waals surface area contributed by atoms with Crippen molar-refractivity contribution in [3.8, 4) is 11.1 Å². The smallest absolute Gasteiger partial charge is 0.0862 e. The molecule has 0 radical (unpaired) electrons. The van der Waals surface area contributed by atoms with Crippen LogP contribution in [0.5, 0.6) is 0 Å². The van der Waals surface area contributed by atoms with Crippen molar-refractivity contribution in [2.45, 2.75) is 9.79 Å². The summed E-state index contributed by atoms with van der Waals surface area (Å²) >= 11 is 0. The van der Waals surface area contributed by atoms with E-state index in [2.05, 4.69) is 78.9 Å². The Morgan fingerprint density at radius 3 is 1.69 bits per heavy atom. The molecule has 6 aromatic rings. The number of benzene rings is 6. The quantitative estimate of drug-likeness (QED) is 0.261. The van der Waals surface area contributed by atoms with Gasteiger partial charge in [-0.25, -0.2) is 4.21 Å². The lowest BCUT2D eigenvalue weighted by Gasteiger charge is -2.18. The predicted molar refractivity (Wildman–Crippen MR) is 136 cm³/mol. The first kappa shape index (κ1) is 19.0. The highest BCUT2D eigenvalue weighted by Crippen LogP contribution is 2.43. The van der Waals surface area contributed by atoms with Crippen LogP contribution in [0.25, 0.3) is 43.4 Å². The molecule has 6 rings (SSSR count). The summed E-state index contributed by atoms with van der Waals surface area (Å²) in [5.74, 6) is 0. The molecule has 0 N–H and O–H groups in total. The van der Waals surface area contributed by atoms with Gasteiger partial charge in [-0.15, -0.1) is 0 Å². The van der Waals surface area contributed by atoms with Crippen LogP contribution < -0.4 is 0 Å². The Morgan fingerprint density at radius 1 is 0.469 bits per heavy atom. The zero-order chi connectivity index (χ0) is 21.5. The van der Waals surface area contributed by atoms with Crippen molar-refractivity contribution in [1.82, 2.24) is 0 Å². The van der Waals surface area contributed by atoms with Crippen molar-refractivity contribution < 1.29 is 4.21 Å². The molecule has 0 spiro atoms. The van der Waals surface area contributed by atoms with E-state index in [4.69, 9.17) is 0 Å². The summed E-state index contributed by atoms with van der Waals surface area (Å²) in [5, 5.41) is 6.68. The second-order valence-corrected chi connectivity index (χ2v) is 9.36. The Bertz CT molecular complexity index is 1620. The average molecular weight is 429 g/mol. The van der Waals surface area contributed by atoms with Crippen LogP contribution in [-0.2, 0) is 10.8 Å². The molecule has 0 aromatic heterocycles. The third kappa shape index (κ3) is 3.04. The van der Waals surface area contributed by atoms with Crippen molar-refractivity contribution >= 4 is 43.1 Å². The van der Waals surface area contributed by atoms with Crippen molar-refractivity contribution in [2.24, 2.45) is 0 Å². The van der Waals surface area contributed by atoms with Gasteiger partial charge < -0.3 is 0 Å². The third-order valence-corrected chi connectivity index (χ3v) is 7.56. The first-order chi connectivity index (χ1) is 15.8. The van der Waals surface area contributed by atoms with Crippen LogP contribution in [0, 0.1) is 0 Å². The molecule has 32 heavy (non-hydrogen) atoms. The number of hydrogen-bond acceptors (Lipinski definition) is 1. The molecule has 1 atom stereocenters. The molecule has 0 saturated carbocycles. The first-order valence-corrected chi connectivity index (χ1v) is 11.9. The molecule has 0 aliphatic rings. The average Bonchev–Trinajstić information content (AvgIpc) is 2.86. The van der Waals surface area contributed by atoms with E-state index >= 15 is 0 Å². The van der Waals surface area contributed by atoms with E-state index in [0.29, 0.717) is 0 Å². The molecule has 0 heterocycles. The van der Waals surface area contributed by atoms with E-state index in [1.807, 2.05) is 42.5 Å². The lowest BCUT2D eigenvalue weighted by molar-refractivity contribution is 0.684. The van der Waals surface area contributed by atoms with Crippen LogP contribution >= 0.6 is 0 Å². The lowest BCUT2D eigenvalue weighted by Crippen LogP contribution is -1.98. The normalized spacial score (nSPS) is 12.4. The predicted octanol–water partition coefficient (Wildman–Crippen LogP) is 7.98. The van der Waals surface area contributed by atoms with Crippen molar-refractivity contribution in [1.29, 1.82) is 0 Å². The fraction of sp³-hybridized carbons (Fsp3) is 0. The van der Waals surface area contributed by atoms with Gasteiger partial charge >= 0.3 is 0 Å². The van der Waals surface area contributed by atoms with Crippen molar-refractivity contribution in [3.63, 3.8) is 0 Å². The van der Waals surface area contributed by atoms with Crippen LogP contribution in [0.2, 0.25) is 0 Å². The maximum absolute atomic E-state index is 14.0. The number of hydrogen-bond donors (Lipinski definition) is 0. The van der Waals surface area contributed by atoms with Crippen molar-refractivity contribution in [3.05, 3.63) is 121 Å². The molecule has 0 aliphatic carbocycles. The zero-order valence-electron chi connectivity index (χ0n) is 17.4. The highest BCUT2D eigenvalue weighted by atomic mass is 32.2. The van der Waals surface area contributed by atoms with Gasteiger partial charge in [0.2, 0.25) is 0 Å². The number of fused-ring (bicyclic) bond motifs is 3. The Kier molecular flexibility index (Phi) is 4.59. The molecular formula is C30H20OS. The van der Waals surface area contributed by atoms with E-state index in [1.54, 1.807) is 0 Å². The minimum Gasteiger partial charge on any atom is -0.249 e. The van der Waals surface area contributed by atoms with Crippen LogP contribution in [0.4, 0.5) is 0 Å². The van der Waals surface area contributed by atoms with E-state index in [1.165, 1.54) is 16.5 Å². The lowest BCUT2D eigenvalue weighted by atomic mass is 9.90. The largest absolute Gasteiger partial charge is 0.249 e. The van der Waals surface area contributed by atoms with Crippen LogP contribution in [-0.4, -0.2) is 4.21 Å². The van der Waals surface area contributed by atoms with Gasteiger partial charge in [-0.3, -0.25) is 0 Å². The molecule has 1 unspecified atom stereocenters. The van der Waals surface area contributed by atoms with Gasteiger partial charge in [-0.1, -0.05) is 97.1 Å². The summed E-state index contributed by atoms with van der Waals surface area (Å²) < 4.78 is 14.0. The summed E-state index contributed by atoms with van der Waals surface area (Å²) in [5.41, 5.74) is 2.36. The molecule has 6 aromatic carbocycles. The Balaban J connectivity index is 1.83. The third-order valence-electron chi connectivity index (χ3n) is 6.05. The second-order valence-electron chi connectivity index (χ2n) is 7.94. The zero-order valence-corrected chi connectivity index (χ0v) is 18.2. The molecule has 0 fully saturated rings. The Morgan fingerprint density at radius 2 is 1.00 bits per heavy atom. The standard InChI is InChI=1S/C30H20OS/c31-32(24-15-5-2-6-16-24)30-26-18-10-9-17-25(26)29(21-11-3-1-4-12-21)27-19-22-13-7-8-14-23(22)20-28(27)30/h1-20H. The second kappa shape index (κ2) is 7.74. The van der Waals surface area contributed by atoms with Crippen LogP contribution in [0.3, 0.4) is 0 Å². The maximum atomic E-state index is 14.0. The van der Waals surface area contributed by atoms with Crippen LogP contribution in [0.1, 0.15) is 0 Å². The molecular weight excluding hydrogens is 408 g/mol. The summed E-state index contributed by atoms with van der Waals surface area (Å²) in [7, 11) is -1.30. The van der Waals surface area contributed by atoms with Gasteiger partial charge in [0, 0.05) is 10.3 Å². The first-order valence-electron chi connectivity index (χ1n) is 10.7. The molecule has 0 amide bonds. The van der Waals surface area contributed by atoms with Gasteiger partial charge in [0.05, 0.1) is 15.7 Å².